The van der Waals surface area contributed by atoms with Crippen LogP contribution in [-0.2, 0) is 28.4 Å². The fourth-order valence-corrected chi connectivity index (χ4v) is 5.07. The first-order valence-corrected chi connectivity index (χ1v) is 13.1. The minimum absolute atomic E-state index is 0.0209. The lowest BCUT2D eigenvalue weighted by Gasteiger charge is -2.40. The average molecular weight is 526 g/mol. The van der Waals surface area contributed by atoms with Gasteiger partial charge in [0, 0.05) is 12.0 Å². The van der Waals surface area contributed by atoms with Crippen molar-refractivity contribution in [2.24, 2.45) is 16.6 Å². The molecule has 2 unspecified atom stereocenters. The Labute approximate surface area is 212 Å². The van der Waals surface area contributed by atoms with Gasteiger partial charge in [-0.05, 0) is 43.2 Å². The molecule has 2 bridgehead atoms. The van der Waals surface area contributed by atoms with Gasteiger partial charge in [-0.3, -0.25) is 4.79 Å². The zero-order chi connectivity index (χ0) is 27.1. The summed E-state index contributed by atoms with van der Waals surface area (Å²) in [6.07, 6.45) is 0.699. The van der Waals surface area contributed by atoms with Gasteiger partial charge in [0.25, 0.3) is 0 Å². The number of rotatable bonds is 10. The van der Waals surface area contributed by atoms with Crippen LogP contribution in [0.4, 0.5) is 4.79 Å². The molecule has 2 saturated heterocycles. The average Bonchev–Trinajstić information content (AvgIpc) is 3.00. The maximum Gasteiger partial charge on any atom is 0.421 e. The largest absolute Gasteiger partial charge is 0.461 e. The smallest absolute Gasteiger partial charge is 0.421 e. The number of nitrogens with two attached hydrogens (primary N) is 1. The molecule has 3 amide bonds. The molecule has 200 valence electrons. The summed E-state index contributed by atoms with van der Waals surface area (Å²) in [6.45, 7) is 10.8. The molecule has 2 fully saturated rings. The molecule has 11 nitrogen and oxygen atoms in total. The normalized spacial score (nSPS) is 20.6. The van der Waals surface area contributed by atoms with E-state index in [0.29, 0.717) is 18.4 Å². The van der Waals surface area contributed by atoms with Crippen LogP contribution in [0.1, 0.15) is 62.0 Å². The lowest BCUT2D eigenvalue weighted by atomic mass is 9.69. The van der Waals surface area contributed by atoms with Gasteiger partial charge in [-0.25, -0.2) is 13.8 Å². The molecule has 1 aromatic carbocycles. The first-order valence-electron chi connectivity index (χ1n) is 11.8. The second-order valence-corrected chi connectivity index (χ2v) is 12.0. The number of urea groups is 1. The Hall–Kier alpha value is -2.70. The highest BCUT2D eigenvalue weighted by molar-refractivity contribution is 7.81. The number of hydrogen-bond acceptors (Lipinski definition) is 8. The standard InChI is InChI=1S/C24H35N3O8S/c1-15-8-7-9-16(2)19(15)21(29)33-13-23(3,4)24(5,6)14-34-36(31,32)35-27-17-10-11-18(20(25)28)26(12-17)22(27)30/h7-9,17-18H,10-14H2,1-6H3,(H2,25,28). The summed E-state index contributed by atoms with van der Waals surface area (Å²) in [5.74, 6) is -1.10. The van der Waals surface area contributed by atoms with Crippen molar-refractivity contribution < 1.29 is 36.0 Å². The number of piperidine rings is 1. The Kier molecular flexibility index (Phi) is 7.73. The molecule has 0 spiro atoms. The molecule has 0 aliphatic carbocycles. The Balaban J connectivity index is 1.60. The van der Waals surface area contributed by atoms with Crippen molar-refractivity contribution in [3.8, 4) is 0 Å². The van der Waals surface area contributed by atoms with E-state index in [4.69, 9.17) is 18.9 Å². The molecule has 1 aromatic rings. The van der Waals surface area contributed by atoms with E-state index in [2.05, 4.69) is 0 Å². The van der Waals surface area contributed by atoms with Crippen LogP contribution in [0.5, 0.6) is 0 Å². The summed E-state index contributed by atoms with van der Waals surface area (Å²) in [5, 5.41) is 0.739. The molecular formula is C24H35N3O8S. The van der Waals surface area contributed by atoms with Crippen LogP contribution in [0, 0.1) is 24.7 Å². The number of primary amides is 1. The van der Waals surface area contributed by atoms with Crippen LogP contribution in [0.2, 0.25) is 0 Å². The lowest BCUT2D eigenvalue weighted by molar-refractivity contribution is -0.122. The number of amides is 3. The highest BCUT2D eigenvalue weighted by Gasteiger charge is 2.49. The zero-order valence-corrected chi connectivity index (χ0v) is 22.4. The molecular weight excluding hydrogens is 490 g/mol. The molecule has 2 aliphatic rings. The van der Waals surface area contributed by atoms with E-state index in [9.17, 15) is 22.8 Å². The molecule has 0 saturated carbocycles. The molecule has 2 N–H and O–H groups in total. The molecule has 0 aromatic heterocycles. The van der Waals surface area contributed by atoms with Crippen molar-refractivity contribution in [3.63, 3.8) is 0 Å². The third-order valence-electron chi connectivity index (χ3n) is 7.47. The monoisotopic (exact) mass is 525 g/mol. The highest BCUT2D eigenvalue weighted by atomic mass is 32.3. The summed E-state index contributed by atoms with van der Waals surface area (Å²) in [6, 6.07) is 3.47. The summed E-state index contributed by atoms with van der Waals surface area (Å²) in [7, 11) is -4.60. The second kappa shape index (κ2) is 9.98. The summed E-state index contributed by atoms with van der Waals surface area (Å²) < 4.78 is 41.0. The van der Waals surface area contributed by atoms with Crippen molar-refractivity contribution in [3.05, 3.63) is 34.9 Å². The van der Waals surface area contributed by atoms with Crippen LogP contribution in [0.15, 0.2) is 18.2 Å². The van der Waals surface area contributed by atoms with E-state index in [1.165, 1.54) is 4.90 Å². The Morgan fingerprint density at radius 1 is 1.06 bits per heavy atom. The van der Waals surface area contributed by atoms with E-state index in [1.807, 2.05) is 45.9 Å². The first kappa shape index (κ1) is 27.9. The van der Waals surface area contributed by atoms with Crippen LogP contribution in [0.3, 0.4) is 0 Å². The highest BCUT2D eigenvalue weighted by Crippen LogP contribution is 2.40. The maximum atomic E-state index is 12.7. The van der Waals surface area contributed by atoms with Crippen molar-refractivity contribution in [1.29, 1.82) is 0 Å². The maximum absolute atomic E-state index is 12.7. The Morgan fingerprint density at radius 2 is 1.64 bits per heavy atom. The van der Waals surface area contributed by atoms with Crippen molar-refractivity contribution >= 4 is 28.3 Å². The number of hydrogen-bond donors (Lipinski definition) is 1. The van der Waals surface area contributed by atoms with Gasteiger partial charge in [0.1, 0.15) is 6.04 Å². The quantitative estimate of drug-likeness (QED) is 0.459. The number of aryl methyl sites for hydroxylation is 2. The predicted molar refractivity (Wildman–Crippen MR) is 130 cm³/mol. The van der Waals surface area contributed by atoms with Gasteiger partial charge in [-0.1, -0.05) is 45.9 Å². The van der Waals surface area contributed by atoms with Gasteiger partial charge < -0.3 is 15.4 Å². The van der Waals surface area contributed by atoms with Gasteiger partial charge in [0.05, 0.1) is 24.8 Å². The minimum Gasteiger partial charge on any atom is -0.461 e. The van der Waals surface area contributed by atoms with E-state index in [1.54, 1.807) is 13.8 Å². The molecule has 2 aliphatic heterocycles. The molecule has 36 heavy (non-hydrogen) atoms. The van der Waals surface area contributed by atoms with Gasteiger partial charge in [0.15, 0.2) is 0 Å². The van der Waals surface area contributed by atoms with Crippen molar-refractivity contribution in [2.75, 3.05) is 19.8 Å². The summed E-state index contributed by atoms with van der Waals surface area (Å²) in [5.41, 5.74) is 6.00. The van der Waals surface area contributed by atoms with E-state index in [-0.39, 0.29) is 19.8 Å². The number of ether oxygens (including phenoxy) is 1. The number of carbonyl (C=O) groups is 3. The van der Waals surface area contributed by atoms with Crippen molar-refractivity contribution in [2.45, 2.75) is 66.5 Å². The third kappa shape index (κ3) is 5.65. The Bertz CT molecular complexity index is 1130. The van der Waals surface area contributed by atoms with Crippen LogP contribution < -0.4 is 5.73 Å². The number of benzene rings is 1. The van der Waals surface area contributed by atoms with Gasteiger partial charge in [0.2, 0.25) is 5.91 Å². The number of nitrogens with zero attached hydrogens (tertiary/aromatic N) is 2. The molecule has 3 rings (SSSR count). The third-order valence-corrected chi connectivity index (χ3v) is 8.22. The number of hydroxylamine groups is 2. The van der Waals surface area contributed by atoms with E-state index >= 15 is 0 Å². The van der Waals surface area contributed by atoms with Crippen LogP contribution >= 0.6 is 0 Å². The second-order valence-electron chi connectivity index (χ2n) is 10.8. The predicted octanol–water partition coefficient (Wildman–Crippen LogP) is 2.46. The lowest BCUT2D eigenvalue weighted by Crippen LogP contribution is -2.47. The molecule has 2 heterocycles. The molecule has 2 atom stereocenters. The SMILES string of the molecule is Cc1cccc(C)c1C(=O)OCC(C)(C)C(C)(C)COS(=O)(=O)ON1C(=O)N2CC1CCC2C(N)=O. The molecule has 0 radical (unpaired) electrons. The number of carbonyl (C=O) groups excluding carboxylic acids is 3. The Morgan fingerprint density at radius 3 is 2.22 bits per heavy atom. The summed E-state index contributed by atoms with van der Waals surface area (Å²) in [4.78, 5) is 38.1. The fourth-order valence-electron chi connectivity index (χ4n) is 4.21. The van der Waals surface area contributed by atoms with Gasteiger partial charge in [-0.15, -0.1) is 4.28 Å². The van der Waals surface area contributed by atoms with E-state index in [0.717, 1.165) is 16.2 Å². The molecule has 12 heteroatoms. The first-order chi connectivity index (χ1) is 16.6. The van der Waals surface area contributed by atoms with Crippen molar-refractivity contribution in [1.82, 2.24) is 9.96 Å². The number of esters is 1. The zero-order valence-electron chi connectivity index (χ0n) is 21.6. The van der Waals surface area contributed by atoms with E-state index < -0.39 is 51.2 Å². The summed E-state index contributed by atoms with van der Waals surface area (Å²) >= 11 is 0. The topological polar surface area (TPSA) is 146 Å². The number of fused-ring (bicyclic) bond motifs is 2. The fraction of sp³-hybridized carbons (Fsp3) is 0.625. The van der Waals surface area contributed by atoms with Gasteiger partial charge >= 0.3 is 22.4 Å². The van der Waals surface area contributed by atoms with Gasteiger partial charge in [-0.2, -0.15) is 13.5 Å². The minimum atomic E-state index is -4.60. The van der Waals surface area contributed by atoms with Crippen LogP contribution in [0.25, 0.3) is 0 Å². The van der Waals surface area contributed by atoms with Crippen LogP contribution in [-0.4, -0.2) is 68.1 Å².